The van der Waals surface area contributed by atoms with E-state index in [1.807, 2.05) is 12.3 Å². The summed E-state index contributed by atoms with van der Waals surface area (Å²) < 4.78 is 43.7. The molecule has 0 fully saturated rings. The van der Waals surface area contributed by atoms with Crippen molar-refractivity contribution in [3.05, 3.63) is 63.8 Å². The van der Waals surface area contributed by atoms with Crippen molar-refractivity contribution in [2.45, 2.75) is 19.6 Å². The molecule has 0 unspecified atom stereocenters. The average Bonchev–Trinajstić information content (AvgIpc) is 3.21. The van der Waals surface area contributed by atoms with Gasteiger partial charge in [-0.15, -0.1) is 11.3 Å². The number of benzene rings is 1. The summed E-state index contributed by atoms with van der Waals surface area (Å²) >= 11 is 1.43. The molecule has 1 aromatic carbocycles. The number of carbonyl (C=O) groups is 1. The second-order valence-electron chi connectivity index (χ2n) is 5.31. The summed E-state index contributed by atoms with van der Waals surface area (Å²) in [6.45, 7) is 2.12. The third-order valence-corrected chi connectivity index (χ3v) is 4.34. The molecule has 8 heteroatoms. The van der Waals surface area contributed by atoms with E-state index in [0.717, 1.165) is 22.8 Å². The Morgan fingerprint density at radius 3 is 2.76 bits per heavy atom. The monoisotopic (exact) mass is 366 g/mol. The van der Waals surface area contributed by atoms with Crippen LogP contribution >= 0.6 is 11.3 Å². The Bertz CT molecular complexity index is 899. The number of carbonyl (C=O) groups excluding carboxylic acids is 1. The van der Waals surface area contributed by atoms with Crippen molar-refractivity contribution >= 4 is 17.2 Å². The minimum Gasteiger partial charge on any atom is -0.451 e. The van der Waals surface area contributed by atoms with E-state index in [1.54, 1.807) is 0 Å². The van der Waals surface area contributed by atoms with Gasteiger partial charge in [0.1, 0.15) is 10.8 Å². The fourth-order valence-corrected chi connectivity index (χ4v) is 2.90. The van der Waals surface area contributed by atoms with Crippen LogP contribution in [0.15, 0.2) is 46.2 Å². The number of aromatic nitrogens is 1. The molecule has 4 nitrogen and oxygen atoms in total. The van der Waals surface area contributed by atoms with Crippen LogP contribution < -0.4 is 5.32 Å². The molecule has 130 valence electrons. The fraction of sp³-hybridized carbons (Fsp3) is 0.176. The lowest BCUT2D eigenvalue weighted by atomic mass is 10.1. The van der Waals surface area contributed by atoms with E-state index in [2.05, 4.69) is 10.3 Å². The third-order valence-electron chi connectivity index (χ3n) is 3.37. The molecular formula is C17H13F3N2O2S. The quantitative estimate of drug-likeness (QED) is 0.731. The lowest BCUT2D eigenvalue weighted by Crippen LogP contribution is -2.22. The molecule has 2 heterocycles. The highest BCUT2D eigenvalue weighted by atomic mass is 32.1. The zero-order valence-electron chi connectivity index (χ0n) is 13.1. The number of rotatable bonds is 4. The van der Waals surface area contributed by atoms with Gasteiger partial charge in [-0.05, 0) is 31.2 Å². The van der Waals surface area contributed by atoms with Crippen LogP contribution in [0.3, 0.4) is 0 Å². The Morgan fingerprint density at radius 1 is 1.28 bits per heavy atom. The lowest BCUT2D eigenvalue weighted by molar-refractivity contribution is -0.137. The second-order valence-corrected chi connectivity index (χ2v) is 6.25. The Labute approximate surface area is 145 Å². The van der Waals surface area contributed by atoms with Gasteiger partial charge < -0.3 is 9.73 Å². The van der Waals surface area contributed by atoms with Crippen LogP contribution in [0.2, 0.25) is 0 Å². The summed E-state index contributed by atoms with van der Waals surface area (Å²) in [6.07, 6.45) is -4.44. The number of hydrogen-bond donors (Lipinski definition) is 1. The van der Waals surface area contributed by atoms with Crippen molar-refractivity contribution in [1.29, 1.82) is 0 Å². The third kappa shape index (κ3) is 4.08. The SMILES string of the molecule is Cc1csc(CNC(=O)c2ccc(-c3cccc(C(F)(F)F)c3)o2)n1. The molecule has 0 aliphatic carbocycles. The standard InChI is InChI=1S/C17H13F3N2O2S/c1-10-9-25-15(22-10)8-21-16(23)14-6-5-13(24-14)11-3-2-4-12(7-11)17(18,19)20/h2-7,9H,8H2,1H3,(H,21,23). The van der Waals surface area contributed by atoms with Gasteiger partial charge in [-0.2, -0.15) is 13.2 Å². The zero-order valence-corrected chi connectivity index (χ0v) is 13.9. The maximum absolute atomic E-state index is 12.8. The van der Waals surface area contributed by atoms with Crippen LogP contribution in [0.5, 0.6) is 0 Å². The van der Waals surface area contributed by atoms with Crippen molar-refractivity contribution < 1.29 is 22.4 Å². The lowest BCUT2D eigenvalue weighted by Gasteiger charge is -2.07. The molecular weight excluding hydrogens is 353 g/mol. The van der Waals surface area contributed by atoms with E-state index in [0.29, 0.717) is 0 Å². The van der Waals surface area contributed by atoms with Crippen LogP contribution in [-0.2, 0) is 12.7 Å². The predicted octanol–water partition coefficient (Wildman–Crippen LogP) is 4.66. The predicted molar refractivity (Wildman–Crippen MR) is 87.2 cm³/mol. The van der Waals surface area contributed by atoms with Crippen LogP contribution in [0.4, 0.5) is 13.2 Å². The molecule has 1 N–H and O–H groups in total. The van der Waals surface area contributed by atoms with Crippen molar-refractivity contribution in [2.75, 3.05) is 0 Å². The number of nitrogens with zero attached hydrogens (tertiary/aromatic N) is 1. The van der Waals surface area contributed by atoms with Crippen LogP contribution in [0, 0.1) is 6.92 Å². The van der Waals surface area contributed by atoms with Gasteiger partial charge in [0.2, 0.25) is 0 Å². The van der Waals surface area contributed by atoms with Gasteiger partial charge in [-0.25, -0.2) is 4.98 Å². The van der Waals surface area contributed by atoms with E-state index in [4.69, 9.17) is 4.42 Å². The Hall–Kier alpha value is -2.61. The summed E-state index contributed by atoms with van der Waals surface area (Å²) in [7, 11) is 0. The molecule has 0 radical (unpaired) electrons. The van der Waals surface area contributed by atoms with E-state index < -0.39 is 17.6 Å². The largest absolute Gasteiger partial charge is 0.451 e. The van der Waals surface area contributed by atoms with Gasteiger partial charge in [-0.1, -0.05) is 12.1 Å². The van der Waals surface area contributed by atoms with E-state index in [-0.39, 0.29) is 23.6 Å². The Balaban J connectivity index is 1.72. The highest BCUT2D eigenvalue weighted by molar-refractivity contribution is 7.09. The summed E-state index contributed by atoms with van der Waals surface area (Å²) in [5.74, 6) is -0.229. The number of amides is 1. The molecule has 0 atom stereocenters. The molecule has 3 aromatic rings. The van der Waals surface area contributed by atoms with E-state index >= 15 is 0 Å². The highest BCUT2D eigenvalue weighted by Gasteiger charge is 2.30. The number of aryl methyl sites for hydroxylation is 1. The van der Waals surface area contributed by atoms with Crippen LogP contribution in [0.25, 0.3) is 11.3 Å². The number of halogens is 3. The smallest absolute Gasteiger partial charge is 0.416 e. The minimum absolute atomic E-state index is 0.0284. The second kappa shape index (κ2) is 6.72. The molecule has 0 saturated heterocycles. The molecule has 25 heavy (non-hydrogen) atoms. The summed E-state index contributed by atoms with van der Waals surface area (Å²) in [5, 5.41) is 5.30. The van der Waals surface area contributed by atoms with E-state index in [1.165, 1.54) is 35.6 Å². The van der Waals surface area contributed by atoms with Crippen molar-refractivity contribution in [3.8, 4) is 11.3 Å². The summed E-state index contributed by atoms with van der Waals surface area (Å²) in [4.78, 5) is 16.3. The molecule has 0 aliphatic heterocycles. The summed E-state index contributed by atoms with van der Waals surface area (Å²) in [5.41, 5.74) is 0.357. The van der Waals surface area contributed by atoms with Gasteiger partial charge >= 0.3 is 6.18 Å². The maximum atomic E-state index is 12.8. The molecule has 2 aromatic heterocycles. The van der Waals surface area contributed by atoms with E-state index in [9.17, 15) is 18.0 Å². The Morgan fingerprint density at radius 2 is 2.08 bits per heavy atom. The molecule has 1 amide bonds. The molecule has 0 aliphatic rings. The first-order chi connectivity index (χ1) is 11.8. The van der Waals surface area contributed by atoms with Crippen LogP contribution in [0.1, 0.15) is 26.8 Å². The van der Waals surface area contributed by atoms with Gasteiger partial charge in [0.25, 0.3) is 5.91 Å². The van der Waals surface area contributed by atoms with Gasteiger partial charge in [0, 0.05) is 16.6 Å². The van der Waals surface area contributed by atoms with Gasteiger partial charge in [0.05, 0.1) is 12.1 Å². The normalized spacial score (nSPS) is 11.5. The number of thiazole rings is 1. The Kier molecular flexibility index (Phi) is 4.63. The van der Waals surface area contributed by atoms with Gasteiger partial charge in [0.15, 0.2) is 5.76 Å². The highest BCUT2D eigenvalue weighted by Crippen LogP contribution is 2.32. The van der Waals surface area contributed by atoms with Crippen molar-refractivity contribution in [3.63, 3.8) is 0 Å². The van der Waals surface area contributed by atoms with Crippen LogP contribution in [-0.4, -0.2) is 10.9 Å². The molecule has 3 rings (SSSR count). The first-order valence-electron chi connectivity index (χ1n) is 7.29. The number of nitrogens with one attached hydrogen (secondary N) is 1. The number of alkyl halides is 3. The first kappa shape index (κ1) is 17.2. The van der Waals surface area contributed by atoms with Gasteiger partial charge in [-0.3, -0.25) is 4.79 Å². The first-order valence-corrected chi connectivity index (χ1v) is 8.17. The molecule has 0 spiro atoms. The minimum atomic E-state index is -4.44. The molecule has 0 bridgehead atoms. The maximum Gasteiger partial charge on any atom is 0.416 e. The zero-order chi connectivity index (χ0) is 18.0. The van der Waals surface area contributed by atoms with Crippen molar-refractivity contribution in [2.24, 2.45) is 0 Å². The topological polar surface area (TPSA) is 55.1 Å². The fourth-order valence-electron chi connectivity index (χ4n) is 2.19. The molecule has 0 saturated carbocycles. The number of hydrogen-bond acceptors (Lipinski definition) is 4. The number of furan rings is 1. The van der Waals surface area contributed by atoms with Crippen molar-refractivity contribution in [1.82, 2.24) is 10.3 Å². The summed E-state index contributed by atoms with van der Waals surface area (Å²) in [6, 6.07) is 7.66. The average molecular weight is 366 g/mol.